The van der Waals surface area contributed by atoms with Crippen molar-refractivity contribution in [3.05, 3.63) is 29.3 Å². The van der Waals surface area contributed by atoms with Gasteiger partial charge in [0.25, 0.3) is 0 Å². The number of urea groups is 1. The minimum absolute atomic E-state index is 0.0234. The SMILES string of the molecule is O=C(NC(=O)C1CCCCC1)Nc1ccc(Cl)cc1. The zero-order valence-electron chi connectivity index (χ0n) is 10.6. The van der Waals surface area contributed by atoms with E-state index in [9.17, 15) is 9.59 Å². The Labute approximate surface area is 117 Å². The van der Waals surface area contributed by atoms with Crippen LogP contribution in [0.15, 0.2) is 24.3 Å². The fourth-order valence-corrected chi connectivity index (χ4v) is 2.40. The number of benzene rings is 1. The van der Waals surface area contributed by atoms with Crippen molar-refractivity contribution >= 4 is 29.2 Å². The molecule has 3 amide bonds. The van der Waals surface area contributed by atoms with Crippen molar-refractivity contribution in [3.8, 4) is 0 Å². The second kappa shape index (κ2) is 6.57. The number of imide groups is 1. The first-order chi connectivity index (χ1) is 9.15. The zero-order valence-corrected chi connectivity index (χ0v) is 11.4. The summed E-state index contributed by atoms with van der Waals surface area (Å²) in [5, 5.41) is 5.60. The molecule has 19 heavy (non-hydrogen) atoms. The maximum Gasteiger partial charge on any atom is 0.325 e. The highest BCUT2D eigenvalue weighted by atomic mass is 35.5. The summed E-state index contributed by atoms with van der Waals surface area (Å²) in [7, 11) is 0. The molecular formula is C14H17ClN2O2. The molecule has 0 bridgehead atoms. The van der Waals surface area contributed by atoms with Crippen molar-refractivity contribution in [2.75, 3.05) is 5.32 Å². The monoisotopic (exact) mass is 280 g/mol. The highest BCUT2D eigenvalue weighted by Gasteiger charge is 2.22. The third-order valence-corrected chi connectivity index (χ3v) is 3.57. The molecule has 1 aromatic rings. The summed E-state index contributed by atoms with van der Waals surface area (Å²) in [6.07, 6.45) is 5.06. The Bertz CT molecular complexity index is 453. The van der Waals surface area contributed by atoms with E-state index in [0.29, 0.717) is 10.7 Å². The quantitative estimate of drug-likeness (QED) is 0.870. The van der Waals surface area contributed by atoms with Gasteiger partial charge in [0.1, 0.15) is 0 Å². The summed E-state index contributed by atoms with van der Waals surface area (Å²) in [5.41, 5.74) is 0.610. The zero-order chi connectivity index (χ0) is 13.7. The molecule has 0 aromatic heterocycles. The van der Waals surface area contributed by atoms with Crippen molar-refractivity contribution in [2.24, 2.45) is 5.92 Å². The largest absolute Gasteiger partial charge is 0.325 e. The summed E-state index contributed by atoms with van der Waals surface area (Å²) >= 11 is 5.75. The average Bonchev–Trinajstić information content (AvgIpc) is 2.42. The predicted molar refractivity (Wildman–Crippen MR) is 75.2 cm³/mol. The fraction of sp³-hybridized carbons (Fsp3) is 0.429. The maximum atomic E-state index is 11.9. The minimum atomic E-state index is -0.488. The van der Waals surface area contributed by atoms with Gasteiger partial charge in [-0.2, -0.15) is 0 Å². The van der Waals surface area contributed by atoms with Crippen LogP contribution in [-0.4, -0.2) is 11.9 Å². The molecule has 0 heterocycles. The second-order valence-corrected chi connectivity index (χ2v) is 5.22. The molecule has 5 heteroatoms. The number of halogens is 1. The normalized spacial score (nSPS) is 15.8. The smallest absolute Gasteiger partial charge is 0.308 e. The van der Waals surface area contributed by atoms with E-state index >= 15 is 0 Å². The van der Waals surface area contributed by atoms with Gasteiger partial charge in [0.15, 0.2) is 0 Å². The maximum absolute atomic E-state index is 11.9. The fourth-order valence-electron chi connectivity index (χ4n) is 2.27. The van der Waals surface area contributed by atoms with Gasteiger partial charge in [0, 0.05) is 16.6 Å². The lowest BCUT2D eigenvalue weighted by Gasteiger charge is -2.20. The van der Waals surface area contributed by atoms with Gasteiger partial charge in [-0.25, -0.2) is 4.79 Å². The average molecular weight is 281 g/mol. The van der Waals surface area contributed by atoms with Crippen LogP contribution in [0.1, 0.15) is 32.1 Å². The van der Waals surface area contributed by atoms with Crippen LogP contribution in [0.3, 0.4) is 0 Å². The summed E-state index contributed by atoms with van der Waals surface area (Å²) in [5.74, 6) is -0.198. The van der Waals surface area contributed by atoms with Crippen LogP contribution in [-0.2, 0) is 4.79 Å². The van der Waals surface area contributed by atoms with Crippen LogP contribution in [0.4, 0.5) is 10.5 Å². The van der Waals surface area contributed by atoms with E-state index in [1.165, 1.54) is 6.42 Å². The standard InChI is InChI=1S/C14H17ClN2O2/c15-11-6-8-12(9-7-11)16-14(19)17-13(18)10-4-2-1-3-5-10/h6-10H,1-5H2,(H2,16,17,18,19). The molecule has 1 aliphatic rings. The predicted octanol–water partition coefficient (Wildman–Crippen LogP) is 3.57. The van der Waals surface area contributed by atoms with Crippen LogP contribution >= 0.6 is 11.6 Å². The minimum Gasteiger partial charge on any atom is -0.308 e. The summed E-state index contributed by atoms with van der Waals surface area (Å²) < 4.78 is 0. The molecule has 102 valence electrons. The van der Waals surface area contributed by atoms with Gasteiger partial charge in [-0.05, 0) is 37.1 Å². The molecule has 1 aliphatic carbocycles. The highest BCUT2D eigenvalue weighted by Crippen LogP contribution is 2.23. The highest BCUT2D eigenvalue weighted by molar-refractivity contribution is 6.30. The summed E-state index contributed by atoms with van der Waals surface area (Å²) in [4.78, 5) is 23.5. The molecule has 0 atom stereocenters. The Morgan fingerprint density at radius 1 is 1.05 bits per heavy atom. The topological polar surface area (TPSA) is 58.2 Å². The van der Waals surface area contributed by atoms with E-state index in [1.807, 2.05) is 0 Å². The van der Waals surface area contributed by atoms with E-state index in [1.54, 1.807) is 24.3 Å². The van der Waals surface area contributed by atoms with Crippen molar-refractivity contribution in [1.29, 1.82) is 0 Å². The lowest BCUT2D eigenvalue weighted by molar-refractivity contribution is -0.124. The molecule has 4 nitrogen and oxygen atoms in total. The molecule has 0 saturated heterocycles. The number of amides is 3. The Balaban J connectivity index is 1.83. The first-order valence-corrected chi connectivity index (χ1v) is 6.90. The first-order valence-electron chi connectivity index (χ1n) is 6.52. The van der Waals surface area contributed by atoms with Crippen LogP contribution < -0.4 is 10.6 Å². The van der Waals surface area contributed by atoms with Crippen LogP contribution in [0.2, 0.25) is 5.02 Å². The van der Waals surface area contributed by atoms with E-state index < -0.39 is 6.03 Å². The number of hydrogen-bond donors (Lipinski definition) is 2. The van der Waals surface area contributed by atoms with E-state index in [2.05, 4.69) is 10.6 Å². The lowest BCUT2D eigenvalue weighted by atomic mass is 9.89. The Hall–Kier alpha value is -1.55. The van der Waals surface area contributed by atoms with Crippen LogP contribution in [0.5, 0.6) is 0 Å². The Morgan fingerprint density at radius 3 is 2.32 bits per heavy atom. The first kappa shape index (κ1) is 13.9. The van der Waals surface area contributed by atoms with Crippen molar-refractivity contribution in [1.82, 2.24) is 5.32 Å². The third-order valence-electron chi connectivity index (χ3n) is 3.31. The van der Waals surface area contributed by atoms with E-state index in [4.69, 9.17) is 11.6 Å². The molecule has 0 unspecified atom stereocenters. The molecule has 0 aliphatic heterocycles. The van der Waals surface area contributed by atoms with E-state index in [-0.39, 0.29) is 11.8 Å². The van der Waals surface area contributed by atoms with Gasteiger partial charge in [-0.1, -0.05) is 30.9 Å². The molecule has 1 fully saturated rings. The van der Waals surface area contributed by atoms with Gasteiger partial charge in [0.05, 0.1) is 0 Å². The van der Waals surface area contributed by atoms with Crippen molar-refractivity contribution < 1.29 is 9.59 Å². The molecule has 0 spiro atoms. The van der Waals surface area contributed by atoms with Gasteiger partial charge in [-0.3, -0.25) is 10.1 Å². The number of rotatable bonds is 2. The molecule has 1 saturated carbocycles. The molecular weight excluding hydrogens is 264 g/mol. The molecule has 1 aromatic carbocycles. The van der Waals surface area contributed by atoms with Crippen LogP contribution in [0.25, 0.3) is 0 Å². The molecule has 0 radical (unpaired) electrons. The van der Waals surface area contributed by atoms with Gasteiger partial charge in [-0.15, -0.1) is 0 Å². The number of hydrogen-bond acceptors (Lipinski definition) is 2. The Kier molecular flexibility index (Phi) is 4.80. The van der Waals surface area contributed by atoms with Gasteiger partial charge >= 0.3 is 6.03 Å². The number of carbonyl (C=O) groups is 2. The van der Waals surface area contributed by atoms with Gasteiger partial charge < -0.3 is 5.32 Å². The van der Waals surface area contributed by atoms with Crippen molar-refractivity contribution in [3.63, 3.8) is 0 Å². The summed E-state index contributed by atoms with van der Waals surface area (Å²) in [6, 6.07) is 6.25. The third kappa shape index (κ3) is 4.24. The van der Waals surface area contributed by atoms with Crippen molar-refractivity contribution in [2.45, 2.75) is 32.1 Å². The molecule has 2 rings (SSSR count). The lowest BCUT2D eigenvalue weighted by Crippen LogP contribution is -2.39. The number of nitrogens with one attached hydrogen (secondary N) is 2. The second-order valence-electron chi connectivity index (χ2n) is 4.79. The van der Waals surface area contributed by atoms with E-state index in [0.717, 1.165) is 25.7 Å². The number of anilines is 1. The van der Waals surface area contributed by atoms with Gasteiger partial charge in [0.2, 0.25) is 5.91 Å². The molecule has 2 N–H and O–H groups in total. The van der Waals surface area contributed by atoms with Crippen LogP contribution in [0, 0.1) is 5.92 Å². The number of carbonyl (C=O) groups excluding carboxylic acids is 2. The summed E-state index contributed by atoms with van der Waals surface area (Å²) in [6.45, 7) is 0. The Morgan fingerprint density at radius 2 is 1.68 bits per heavy atom.